The normalized spacial score (nSPS) is 12.2. The Kier molecular flexibility index (Phi) is 6.25. The van der Waals surface area contributed by atoms with E-state index in [4.69, 9.17) is 9.47 Å². The monoisotopic (exact) mass is 428 g/mol. The number of rotatable bonds is 7. The topological polar surface area (TPSA) is 35.5 Å². The molecular weight excluding hydrogens is 403 g/mol. The van der Waals surface area contributed by atoms with Gasteiger partial charge in [0.25, 0.3) is 0 Å². The van der Waals surface area contributed by atoms with E-state index in [0.29, 0.717) is 11.5 Å². The zero-order valence-corrected chi connectivity index (χ0v) is 18.5. The summed E-state index contributed by atoms with van der Waals surface area (Å²) < 4.78 is 26.9. The summed E-state index contributed by atoms with van der Waals surface area (Å²) in [6, 6.07) is 35.1. The first-order valence-corrected chi connectivity index (χ1v) is 11.9. The summed E-state index contributed by atoms with van der Waals surface area (Å²) in [6.07, 6.45) is 0. The highest BCUT2D eigenvalue weighted by Gasteiger charge is 2.41. The van der Waals surface area contributed by atoms with Gasteiger partial charge in [-0.1, -0.05) is 97.1 Å². The molecule has 0 amide bonds. The van der Waals surface area contributed by atoms with Crippen LogP contribution in [0.15, 0.2) is 109 Å². The lowest BCUT2D eigenvalue weighted by atomic mass is 10.0. The van der Waals surface area contributed by atoms with Gasteiger partial charge in [-0.3, -0.25) is 0 Å². The molecule has 3 nitrogen and oxygen atoms in total. The minimum absolute atomic E-state index is 0.482. The number of ether oxygens (including phenoxy) is 2. The van der Waals surface area contributed by atoms with Crippen molar-refractivity contribution in [3.63, 3.8) is 0 Å². The quantitative estimate of drug-likeness (QED) is 0.349. The van der Waals surface area contributed by atoms with E-state index < -0.39 is 12.8 Å². The Balaban J connectivity index is 2.12. The number of methoxy groups -OCH3 is 2. The first-order valence-electron chi connectivity index (χ1n) is 10.2. The molecule has 4 heteroatoms. The largest absolute Gasteiger partial charge is 0.496 e. The van der Waals surface area contributed by atoms with Gasteiger partial charge in [0.2, 0.25) is 0 Å². The van der Waals surface area contributed by atoms with Crippen molar-refractivity contribution in [3.8, 4) is 11.5 Å². The Hall–Kier alpha value is -3.29. The van der Waals surface area contributed by atoms with Crippen LogP contribution >= 0.6 is 7.14 Å². The van der Waals surface area contributed by atoms with Gasteiger partial charge in [0, 0.05) is 10.6 Å². The number of benzene rings is 4. The van der Waals surface area contributed by atoms with Crippen molar-refractivity contribution in [1.82, 2.24) is 0 Å². The molecule has 156 valence electrons. The van der Waals surface area contributed by atoms with Crippen LogP contribution in [0, 0.1) is 0 Å². The zero-order valence-electron chi connectivity index (χ0n) is 17.6. The molecule has 0 saturated heterocycles. The Morgan fingerprint density at radius 2 is 1.00 bits per heavy atom. The van der Waals surface area contributed by atoms with Gasteiger partial charge in [0.05, 0.1) is 25.4 Å². The molecule has 4 aromatic carbocycles. The number of hydrogen-bond acceptors (Lipinski definition) is 3. The molecule has 0 aromatic heterocycles. The maximum Gasteiger partial charge on any atom is 0.154 e. The van der Waals surface area contributed by atoms with Crippen LogP contribution in [0.3, 0.4) is 0 Å². The molecule has 0 spiro atoms. The lowest BCUT2D eigenvalue weighted by Gasteiger charge is -2.31. The molecule has 0 aliphatic carbocycles. The second-order valence-electron chi connectivity index (χ2n) is 7.22. The predicted octanol–water partition coefficient (Wildman–Crippen LogP) is 5.81. The van der Waals surface area contributed by atoms with E-state index in [-0.39, 0.29) is 0 Å². The van der Waals surface area contributed by atoms with Gasteiger partial charge in [-0.2, -0.15) is 0 Å². The van der Waals surface area contributed by atoms with E-state index in [0.717, 1.165) is 21.7 Å². The van der Waals surface area contributed by atoms with Crippen molar-refractivity contribution >= 4 is 17.8 Å². The molecule has 0 saturated carbocycles. The van der Waals surface area contributed by atoms with Gasteiger partial charge in [-0.25, -0.2) is 0 Å². The van der Waals surface area contributed by atoms with Crippen molar-refractivity contribution in [2.24, 2.45) is 0 Å². The fourth-order valence-electron chi connectivity index (χ4n) is 4.09. The minimum Gasteiger partial charge on any atom is -0.496 e. The summed E-state index contributed by atoms with van der Waals surface area (Å²) in [5.74, 6) is 1.31. The van der Waals surface area contributed by atoms with Crippen LogP contribution in [0.5, 0.6) is 11.5 Å². The van der Waals surface area contributed by atoms with Crippen molar-refractivity contribution in [1.29, 1.82) is 0 Å². The highest BCUT2D eigenvalue weighted by Crippen LogP contribution is 2.63. The van der Waals surface area contributed by atoms with E-state index in [9.17, 15) is 0 Å². The Morgan fingerprint density at radius 3 is 1.42 bits per heavy atom. The highest BCUT2D eigenvalue weighted by molar-refractivity contribution is 7.79. The van der Waals surface area contributed by atoms with Crippen molar-refractivity contribution in [2.45, 2.75) is 5.66 Å². The summed E-state index contributed by atoms with van der Waals surface area (Å²) in [7, 11) is 0.0521. The molecule has 4 rings (SSSR count). The molecule has 4 aromatic rings. The van der Waals surface area contributed by atoms with E-state index in [1.54, 1.807) is 14.2 Å². The van der Waals surface area contributed by atoms with Crippen LogP contribution in [0.25, 0.3) is 0 Å². The molecular formula is C27H25O3P. The predicted molar refractivity (Wildman–Crippen MR) is 128 cm³/mol. The van der Waals surface area contributed by atoms with E-state index in [2.05, 4.69) is 0 Å². The van der Waals surface area contributed by atoms with Crippen LogP contribution in [-0.4, -0.2) is 14.2 Å². The van der Waals surface area contributed by atoms with Crippen LogP contribution < -0.4 is 20.1 Å². The van der Waals surface area contributed by atoms with Crippen LogP contribution in [0.2, 0.25) is 0 Å². The summed E-state index contributed by atoms with van der Waals surface area (Å²) in [4.78, 5) is 0. The smallest absolute Gasteiger partial charge is 0.154 e. The summed E-state index contributed by atoms with van der Waals surface area (Å²) in [5, 5.41) is 1.59. The van der Waals surface area contributed by atoms with Gasteiger partial charge in [-0.15, -0.1) is 0 Å². The first kappa shape index (κ1) is 21.0. The van der Waals surface area contributed by atoms with E-state index in [1.807, 2.05) is 109 Å². The lowest BCUT2D eigenvalue weighted by Crippen LogP contribution is -2.23. The average molecular weight is 428 g/mol. The molecule has 0 bridgehead atoms. The SMILES string of the molecule is COc1cccc(OC)c1C(c1ccccc1)P(=O)(c1ccccc1)c1ccccc1. The minimum atomic E-state index is -3.22. The molecule has 0 aliphatic rings. The first-order chi connectivity index (χ1) is 15.2. The van der Waals surface area contributed by atoms with Crippen LogP contribution in [-0.2, 0) is 4.57 Å². The van der Waals surface area contributed by atoms with Gasteiger partial charge in [0.1, 0.15) is 11.5 Å². The summed E-state index contributed by atoms with van der Waals surface area (Å²) in [6.45, 7) is 0. The zero-order chi connectivity index (χ0) is 21.7. The Labute approximate surface area is 183 Å². The van der Waals surface area contributed by atoms with Crippen molar-refractivity contribution in [3.05, 3.63) is 120 Å². The third kappa shape index (κ3) is 3.89. The molecule has 0 fully saturated rings. The molecule has 31 heavy (non-hydrogen) atoms. The fourth-order valence-corrected chi connectivity index (χ4v) is 7.42. The van der Waals surface area contributed by atoms with Gasteiger partial charge < -0.3 is 14.0 Å². The summed E-state index contributed by atoms with van der Waals surface area (Å²) in [5.41, 5.74) is 1.25. The highest BCUT2D eigenvalue weighted by atomic mass is 31.2. The molecule has 0 aliphatic heterocycles. The lowest BCUT2D eigenvalue weighted by molar-refractivity contribution is 0.385. The third-order valence-corrected chi connectivity index (χ3v) is 8.91. The third-order valence-electron chi connectivity index (χ3n) is 5.50. The van der Waals surface area contributed by atoms with Gasteiger partial charge in [-0.05, 0) is 17.7 Å². The Morgan fingerprint density at radius 1 is 0.581 bits per heavy atom. The second-order valence-corrected chi connectivity index (χ2v) is 10.1. The molecule has 0 N–H and O–H groups in total. The van der Waals surface area contributed by atoms with Crippen molar-refractivity contribution in [2.75, 3.05) is 14.2 Å². The number of hydrogen-bond donors (Lipinski definition) is 0. The van der Waals surface area contributed by atoms with Crippen LogP contribution in [0.4, 0.5) is 0 Å². The summed E-state index contributed by atoms with van der Waals surface area (Å²) >= 11 is 0. The second kappa shape index (κ2) is 9.24. The van der Waals surface area contributed by atoms with E-state index in [1.165, 1.54) is 0 Å². The van der Waals surface area contributed by atoms with E-state index >= 15 is 4.57 Å². The van der Waals surface area contributed by atoms with Gasteiger partial charge >= 0.3 is 0 Å². The maximum atomic E-state index is 15.3. The fraction of sp³-hybridized carbons (Fsp3) is 0.111. The molecule has 1 atom stereocenters. The average Bonchev–Trinajstić information content (AvgIpc) is 2.85. The molecule has 0 heterocycles. The molecule has 1 unspecified atom stereocenters. The van der Waals surface area contributed by atoms with Gasteiger partial charge in [0.15, 0.2) is 7.14 Å². The van der Waals surface area contributed by atoms with Crippen LogP contribution in [0.1, 0.15) is 16.8 Å². The van der Waals surface area contributed by atoms with Crippen molar-refractivity contribution < 1.29 is 14.0 Å². The molecule has 0 radical (unpaired) electrons. The Bertz CT molecular complexity index is 1110. The maximum absolute atomic E-state index is 15.3. The standard InChI is InChI=1S/C27H25O3P/c1-29-24-19-12-20-25(30-2)26(24)27(21-13-6-3-7-14-21)31(28,22-15-8-4-9-16-22)23-17-10-5-11-18-23/h3-20,27H,1-2H3.